The summed E-state index contributed by atoms with van der Waals surface area (Å²) in [6.45, 7) is 6.65. The van der Waals surface area contributed by atoms with Gasteiger partial charge in [-0.3, -0.25) is 9.59 Å². The molecule has 5 rings (SSSR count). The highest BCUT2D eigenvalue weighted by atomic mass is 16.3. The van der Waals surface area contributed by atoms with Crippen LogP contribution in [0, 0.1) is 0 Å². The number of hydrogen-bond donors (Lipinski definition) is 0. The van der Waals surface area contributed by atoms with E-state index in [4.69, 9.17) is 4.42 Å². The number of benzene rings is 2. The third-order valence-electron chi connectivity index (χ3n) is 7.77. The molecule has 0 aliphatic carbocycles. The van der Waals surface area contributed by atoms with Crippen LogP contribution in [0.15, 0.2) is 40.8 Å². The van der Waals surface area contributed by atoms with E-state index in [9.17, 15) is 9.59 Å². The predicted molar refractivity (Wildman–Crippen MR) is 141 cm³/mol. The van der Waals surface area contributed by atoms with Crippen molar-refractivity contribution in [3.05, 3.63) is 47.5 Å². The number of Topliss-reactive ketones (excluding diaryl/α,β-unsaturated/α-hetero) is 2. The van der Waals surface area contributed by atoms with E-state index in [-0.39, 0.29) is 11.6 Å². The first-order valence-corrected chi connectivity index (χ1v) is 13.7. The molecule has 3 aromatic rings. The Balaban J connectivity index is 1.25. The first kappa shape index (κ1) is 24.2. The van der Waals surface area contributed by atoms with Crippen LogP contribution in [0.4, 0.5) is 0 Å². The van der Waals surface area contributed by atoms with Crippen LogP contribution in [0.3, 0.4) is 0 Å². The lowest BCUT2D eigenvalue weighted by Crippen LogP contribution is -2.30. The van der Waals surface area contributed by atoms with E-state index in [0.717, 1.165) is 60.9 Å². The molecule has 0 atom stereocenters. The van der Waals surface area contributed by atoms with Crippen LogP contribution < -0.4 is 0 Å². The number of carbonyl (C=O) groups is 2. The molecule has 186 valence electrons. The number of furan rings is 1. The normalized spacial score (nSPS) is 17.8. The molecule has 2 aliphatic rings. The van der Waals surface area contributed by atoms with Crippen molar-refractivity contribution in [1.29, 1.82) is 0 Å². The van der Waals surface area contributed by atoms with Gasteiger partial charge in [-0.05, 0) is 102 Å². The number of carbonyl (C=O) groups excluding carboxylic acids is 2. The Kier molecular flexibility index (Phi) is 7.95. The van der Waals surface area contributed by atoms with Gasteiger partial charge in [0.1, 0.15) is 11.2 Å². The second kappa shape index (κ2) is 11.5. The molecule has 35 heavy (non-hydrogen) atoms. The van der Waals surface area contributed by atoms with Crippen LogP contribution in [0.2, 0.25) is 0 Å². The van der Waals surface area contributed by atoms with Gasteiger partial charge in [0, 0.05) is 29.2 Å². The molecule has 0 N–H and O–H groups in total. The molecule has 2 saturated heterocycles. The van der Waals surface area contributed by atoms with Crippen LogP contribution in [0.1, 0.15) is 84.9 Å². The monoisotopic (exact) mass is 474 g/mol. The molecule has 3 heterocycles. The number of fused-ring (bicyclic) bond motifs is 3. The summed E-state index contributed by atoms with van der Waals surface area (Å²) >= 11 is 0. The fourth-order valence-corrected chi connectivity index (χ4v) is 5.76. The van der Waals surface area contributed by atoms with Gasteiger partial charge in [-0.1, -0.05) is 25.0 Å². The minimum atomic E-state index is 0.140. The molecule has 0 bridgehead atoms. The Hall–Kier alpha value is -2.50. The molecule has 0 saturated carbocycles. The maximum absolute atomic E-state index is 13.1. The van der Waals surface area contributed by atoms with Crippen molar-refractivity contribution in [2.45, 2.75) is 64.2 Å². The molecule has 0 spiro atoms. The lowest BCUT2D eigenvalue weighted by molar-refractivity contribution is 0.0965. The van der Waals surface area contributed by atoms with Gasteiger partial charge in [-0.15, -0.1) is 0 Å². The van der Waals surface area contributed by atoms with Gasteiger partial charge in [0.05, 0.1) is 5.56 Å². The number of likely N-dealkylation sites (tertiary alicyclic amines) is 2. The second-order valence-electron chi connectivity index (χ2n) is 10.4. The van der Waals surface area contributed by atoms with Gasteiger partial charge in [0.25, 0.3) is 0 Å². The van der Waals surface area contributed by atoms with Crippen LogP contribution in [0.25, 0.3) is 21.9 Å². The van der Waals surface area contributed by atoms with Gasteiger partial charge in [-0.25, -0.2) is 0 Å². The van der Waals surface area contributed by atoms with Gasteiger partial charge in [0.2, 0.25) is 0 Å². The fourth-order valence-electron chi connectivity index (χ4n) is 5.76. The molecule has 0 unspecified atom stereocenters. The average molecular weight is 475 g/mol. The van der Waals surface area contributed by atoms with Crippen molar-refractivity contribution in [2.75, 3.05) is 39.3 Å². The third-order valence-corrected chi connectivity index (χ3v) is 7.77. The van der Waals surface area contributed by atoms with Gasteiger partial charge in [-0.2, -0.15) is 0 Å². The highest BCUT2D eigenvalue weighted by Crippen LogP contribution is 2.32. The molecule has 1 aromatic heterocycles. The quantitative estimate of drug-likeness (QED) is 0.315. The van der Waals surface area contributed by atoms with Gasteiger partial charge < -0.3 is 14.2 Å². The largest absolute Gasteiger partial charge is 0.455 e. The summed E-state index contributed by atoms with van der Waals surface area (Å²) in [7, 11) is 0. The highest BCUT2D eigenvalue weighted by Gasteiger charge is 2.18. The van der Waals surface area contributed by atoms with Gasteiger partial charge >= 0.3 is 0 Å². The van der Waals surface area contributed by atoms with E-state index in [0.29, 0.717) is 24.0 Å². The third kappa shape index (κ3) is 5.84. The topological polar surface area (TPSA) is 53.8 Å². The SMILES string of the molecule is O=C(CCCN1CCCCC1)c1ccc2oc3c(C(=O)CCCN4CCCCC4)cccc3c2c1. The standard InChI is InChI=1S/C30H38N2O3/c33-27(12-8-20-31-16-3-1-4-17-31)23-14-15-29-26(22-23)24-10-7-11-25(30(24)35-29)28(34)13-9-21-32-18-5-2-6-19-32/h7,10-11,14-15,22H,1-6,8-9,12-13,16-21H2. The summed E-state index contributed by atoms with van der Waals surface area (Å²) in [5.74, 6) is 0.323. The molecular weight excluding hydrogens is 436 g/mol. The molecule has 2 aromatic carbocycles. The van der Waals surface area contributed by atoms with Crippen molar-refractivity contribution in [2.24, 2.45) is 0 Å². The Morgan fingerprint density at radius 1 is 0.714 bits per heavy atom. The summed E-state index contributed by atoms with van der Waals surface area (Å²) in [5.41, 5.74) is 2.78. The number of hydrogen-bond acceptors (Lipinski definition) is 5. The van der Waals surface area contributed by atoms with Crippen LogP contribution in [0.5, 0.6) is 0 Å². The minimum absolute atomic E-state index is 0.140. The molecule has 5 heteroatoms. The zero-order valence-corrected chi connectivity index (χ0v) is 20.9. The Labute approximate surface area is 208 Å². The maximum atomic E-state index is 13.1. The van der Waals surface area contributed by atoms with E-state index in [1.807, 2.05) is 36.4 Å². The predicted octanol–water partition coefficient (Wildman–Crippen LogP) is 6.48. The second-order valence-corrected chi connectivity index (χ2v) is 10.4. The van der Waals surface area contributed by atoms with Crippen molar-refractivity contribution >= 4 is 33.5 Å². The van der Waals surface area contributed by atoms with Crippen molar-refractivity contribution in [1.82, 2.24) is 9.80 Å². The van der Waals surface area contributed by atoms with E-state index < -0.39 is 0 Å². The summed E-state index contributed by atoms with van der Waals surface area (Å²) in [6.07, 6.45) is 10.7. The summed E-state index contributed by atoms with van der Waals surface area (Å²) in [6, 6.07) is 11.5. The van der Waals surface area contributed by atoms with Crippen LogP contribution in [-0.2, 0) is 0 Å². The van der Waals surface area contributed by atoms with E-state index in [1.165, 1.54) is 51.6 Å². The zero-order chi connectivity index (χ0) is 24.0. The summed E-state index contributed by atoms with van der Waals surface area (Å²) in [4.78, 5) is 30.9. The summed E-state index contributed by atoms with van der Waals surface area (Å²) < 4.78 is 6.15. The minimum Gasteiger partial charge on any atom is -0.455 e. The number of nitrogens with zero attached hydrogens (tertiary/aromatic N) is 2. The molecule has 2 fully saturated rings. The molecule has 0 amide bonds. The zero-order valence-electron chi connectivity index (χ0n) is 20.9. The molecule has 5 nitrogen and oxygen atoms in total. The van der Waals surface area contributed by atoms with Crippen molar-refractivity contribution in [3.8, 4) is 0 Å². The molecular formula is C30H38N2O3. The average Bonchev–Trinajstić information content (AvgIpc) is 3.28. The summed E-state index contributed by atoms with van der Waals surface area (Å²) in [5, 5.41) is 1.84. The number of para-hydroxylation sites is 1. The van der Waals surface area contributed by atoms with E-state index >= 15 is 0 Å². The van der Waals surface area contributed by atoms with Crippen molar-refractivity contribution in [3.63, 3.8) is 0 Å². The Bertz CT molecular complexity index is 1170. The first-order chi connectivity index (χ1) is 17.2. The van der Waals surface area contributed by atoms with Crippen LogP contribution in [-0.4, -0.2) is 60.6 Å². The lowest BCUT2D eigenvalue weighted by atomic mass is 10.0. The fraction of sp³-hybridized carbons (Fsp3) is 0.533. The number of rotatable bonds is 10. The Morgan fingerprint density at radius 2 is 1.34 bits per heavy atom. The first-order valence-electron chi connectivity index (χ1n) is 13.7. The van der Waals surface area contributed by atoms with E-state index in [2.05, 4.69) is 9.80 Å². The van der Waals surface area contributed by atoms with Gasteiger partial charge in [0.15, 0.2) is 11.6 Å². The lowest BCUT2D eigenvalue weighted by Gasteiger charge is -2.26. The van der Waals surface area contributed by atoms with Crippen molar-refractivity contribution < 1.29 is 14.0 Å². The highest BCUT2D eigenvalue weighted by molar-refractivity contribution is 6.14. The number of ketones is 2. The smallest absolute Gasteiger partial charge is 0.166 e. The molecule has 2 aliphatic heterocycles. The molecule has 0 radical (unpaired) electrons. The Morgan fingerprint density at radius 3 is 2.00 bits per heavy atom. The van der Waals surface area contributed by atoms with E-state index in [1.54, 1.807) is 0 Å². The number of piperidine rings is 2. The maximum Gasteiger partial charge on any atom is 0.166 e. The van der Waals surface area contributed by atoms with Crippen LogP contribution >= 0.6 is 0 Å².